The van der Waals surface area contributed by atoms with E-state index in [-0.39, 0.29) is 16.7 Å². The van der Waals surface area contributed by atoms with Crippen LogP contribution in [0.4, 0.5) is 10.1 Å². The number of carbonyl (C=O) groups is 1. The van der Waals surface area contributed by atoms with E-state index in [2.05, 4.69) is 22.2 Å². The Morgan fingerprint density at radius 1 is 1.19 bits per heavy atom. The Bertz CT molecular complexity index is 1600. The number of methoxy groups -OCH3 is 1. The van der Waals surface area contributed by atoms with Gasteiger partial charge in [-0.25, -0.2) is 9.18 Å². The molecule has 4 rings (SSSR count). The van der Waals surface area contributed by atoms with Gasteiger partial charge in [0.25, 0.3) is 10.0 Å². The first kappa shape index (κ1) is 26.5. The molecule has 7 nitrogen and oxygen atoms in total. The minimum absolute atomic E-state index is 0.108. The van der Waals surface area contributed by atoms with Crippen LogP contribution < -0.4 is 15.2 Å². The summed E-state index contributed by atoms with van der Waals surface area (Å²) in [7, 11) is -3.05. The Hall–Kier alpha value is -3.54. The van der Waals surface area contributed by atoms with Crippen molar-refractivity contribution in [3.8, 4) is 16.9 Å². The highest BCUT2D eigenvalue weighted by molar-refractivity contribution is 8.04. The molecule has 4 N–H and O–H groups in total. The number of carboxylic acid groups (broad SMARTS) is 1. The third-order valence-corrected chi connectivity index (χ3v) is 9.04. The van der Waals surface area contributed by atoms with Crippen LogP contribution in [-0.4, -0.2) is 26.6 Å². The molecule has 0 amide bonds. The lowest BCUT2D eigenvalue weighted by atomic mass is 10.0. The lowest BCUT2D eigenvalue weighted by Crippen LogP contribution is -2.21. The number of hydrogen-bond acceptors (Lipinski definition) is 7. The Morgan fingerprint density at radius 3 is 2.57 bits per heavy atom. The molecule has 1 atom stereocenters. The average Bonchev–Trinajstić information content (AvgIpc) is 3.31. The summed E-state index contributed by atoms with van der Waals surface area (Å²) in [6.07, 6.45) is 0. The molecule has 0 aliphatic heterocycles. The number of carboxylic acids is 1. The van der Waals surface area contributed by atoms with Crippen molar-refractivity contribution in [2.24, 2.45) is 5.73 Å². The molecule has 0 spiro atoms. The first-order valence-electron chi connectivity index (χ1n) is 10.9. The largest absolute Gasteiger partial charge is 0.495 e. The van der Waals surface area contributed by atoms with E-state index in [0.29, 0.717) is 0 Å². The summed E-state index contributed by atoms with van der Waals surface area (Å²) >= 11 is 2.91. The van der Waals surface area contributed by atoms with Crippen molar-refractivity contribution in [3.63, 3.8) is 0 Å². The zero-order chi connectivity index (χ0) is 26.7. The number of hydrogen-bond donors (Lipinski definition) is 3. The molecule has 4 aromatic rings. The maximum Gasteiger partial charge on any atom is 0.338 e. The van der Waals surface area contributed by atoms with Gasteiger partial charge < -0.3 is 15.6 Å². The minimum atomic E-state index is -4.26. The Kier molecular flexibility index (Phi) is 7.76. The highest BCUT2D eigenvalue weighted by atomic mass is 32.2. The zero-order valence-corrected chi connectivity index (χ0v) is 22.2. The average molecular weight is 559 g/mol. The summed E-state index contributed by atoms with van der Waals surface area (Å²) in [5.41, 5.74) is 8.16. The van der Waals surface area contributed by atoms with Crippen molar-refractivity contribution in [2.75, 3.05) is 11.8 Å². The SMILES string of the molecule is COc1cc(C(=O)O)c(F)cc1NS(=O)(=O)/C(N)=C/SC(C)c1ccc(-c2csc3ccccc23)cc1. The van der Waals surface area contributed by atoms with E-state index in [9.17, 15) is 17.6 Å². The number of anilines is 1. The van der Waals surface area contributed by atoms with Gasteiger partial charge in [0.1, 0.15) is 11.6 Å². The standard InChI is InChI=1S/C26H23FN2O5S3/c1-15(16-7-9-17(10-8-16)20-13-36-24-6-4-3-5-18(20)24)35-14-25(28)37(32,33)29-22-12-21(27)19(26(30)31)11-23(22)34-2/h3-15,29H,28H2,1-2H3,(H,30,31)/b25-14+. The molecular weight excluding hydrogens is 535 g/mol. The van der Waals surface area contributed by atoms with Gasteiger partial charge in [0.05, 0.1) is 18.4 Å². The van der Waals surface area contributed by atoms with E-state index in [1.807, 2.05) is 43.3 Å². The summed E-state index contributed by atoms with van der Waals surface area (Å²) in [6, 6.07) is 17.9. The van der Waals surface area contributed by atoms with Crippen LogP contribution in [-0.2, 0) is 10.0 Å². The maximum atomic E-state index is 14.1. The molecule has 0 radical (unpaired) electrons. The number of aromatic carboxylic acids is 1. The molecule has 192 valence electrons. The first-order chi connectivity index (χ1) is 17.6. The summed E-state index contributed by atoms with van der Waals surface area (Å²) in [4.78, 5) is 11.1. The number of fused-ring (bicyclic) bond motifs is 1. The van der Waals surface area contributed by atoms with Gasteiger partial charge in [0, 0.05) is 32.4 Å². The molecule has 0 saturated heterocycles. The van der Waals surface area contributed by atoms with Gasteiger partial charge in [-0.1, -0.05) is 42.5 Å². The van der Waals surface area contributed by atoms with Crippen LogP contribution in [0, 0.1) is 5.82 Å². The lowest BCUT2D eigenvalue weighted by Gasteiger charge is -2.14. The van der Waals surface area contributed by atoms with Crippen molar-refractivity contribution in [1.29, 1.82) is 0 Å². The van der Waals surface area contributed by atoms with E-state index < -0.39 is 32.4 Å². The molecule has 0 saturated carbocycles. The summed E-state index contributed by atoms with van der Waals surface area (Å²) in [5, 5.41) is 13.1. The van der Waals surface area contributed by atoms with Crippen LogP contribution in [0.1, 0.15) is 28.1 Å². The lowest BCUT2D eigenvalue weighted by molar-refractivity contribution is 0.0691. The number of rotatable bonds is 9. The Morgan fingerprint density at radius 2 is 1.89 bits per heavy atom. The van der Waals surface area contributed by atoms with E-state index in [4.69, 9.17) is 15.6 Å². The van der Waals surface area contributed by atoms with Crippen LogP contribution in [0.25, 0.3) is 21.2 Å². The van der Waals surface area contributed by atoms with Gasteiger partial charge in [-0.15, -0.1) is 23.1 Å². The smallest absolute Gasteiger partial charge is 0.338 e. The molecule has 1 aromatic heterocycles. The quantitative estimate of drug-likeness (QED) is 0.217. The number of sulfonamides is 1. The first-order valence-corrected chi connectivity index (χ1v) is 14.2. The highest BCUT2D eigenvalue weighted by Gasteiger charge is 2.21. The molecular formula is C26H23FN2O5S3. The van der Waals surface area contributed by atoms with Gasteiger partial charge >= 0.3 is 5.97 Å². The number of benzene rings is 3. The zero-order valence-electron chi connectivity index (χ0n) is 19.8. The van der Waals surface area contributed by atoms with Crippen molar-refractivity contribution in [2.45, 2.75) is 12.2 Å². The second-order valence-corrected chi connectivity index (χ2v) is 11.8. The predicted octanol–water partition coefficient (Wildman–Crippen LogP) is 6.41. The highest BCUT2D eigenvalue weighted by Crippen LogP contribution is 2.36. The van der Waals surface area contributed by atoms with Gasteiger partial charge in [0.2, 0.25) is 0 Å². The molecule has 3 aromatic carbocycles. The fourth-order valence-electron chi connectivity index (χ4n) is 3.62. The monoisotopic (exact) mass is 558 g/mol. The predicted molar refractivity (Wildman–Crippen MR) is 148 cm³/mol. The Balaban J connectivity index is 1.47. The van der Waals surface area contributed by atoms with Crippen molar-refractivity contribution < 1.29 is 27.4 Å². The number of nitrogens with one attached hydrogen (secondary N) is 1. The topological polar surface area (TPSA) is 119 Å². The number of thioether (sulfide) groups is 1. The summed E-state index contributed by atoms with van der Waals surface area (Å²) in [5.74, 6) is -2.78. The fraction of sp³-hybridized carbons (Fsp3) is 0.115. The molecule has 1 unspecified atom stereocenters. The van der Waals surface area contributed by atoms with E-state index in [0.717, 1.165) is 28.8 Å². The number of ether oxygens (including phenoxy) is 1. The van der Waals surface area contributed by atoms with E-state index >= 15 is 0 Å². The summed E-state index contributed by atoms with van der Waals surface area (Å²) < 4.78 is 47.9. The third kappa shape index (κ3) is 5.74. The molecule has 0 aliphatic rings. The summed E-state index contributed by atoms with van der Waals surface area (Å²) in [6.45, 7) is 1.92. The van der Waals surface area contributed by atoms with Crippen LogP contribution in [0.15, 0.2) is 76.5 Å². The van der Waals surface area contributed by atoms with Crippen molar-refractivity contribution >= 4 is 54.9 Å². The Labute approximate surface area is 221 Å². The molecule has 37 heavy (non-hydrogen) atoms. The third-order valence-electron chi connectivity index (χ3n) is 5.63. The molecule has 1 heterocycles. The molecule has 11 heteroatoms. The molecule has 0 bridgehead atoms. The number of halogens is 1. The fourth-order valence-corrected chi connectivity index (χ4v) is 6.48. The van der Waals surface area contributed by atoms with Crippen LogP contribution in [0.3, 0.4) is 0 Å². The second kappa shape index (κ2) is 10.8. The number of nitrogens with two attached hydrogens (primary N) is 1. The van der Waals surface area contributed by atoms with Gasteiger partial charge in [-0.3, -0.25) is 4.72 Å². The second-order valence-electron chi connectivity index (χ2n) is 8.01. The van der Waals surface area contributed by atoms with Crippen molar-refractivity contribution in [3.05, 3.63) is 93.4 Å². The van der Waals surface area contributed by atoms with Crippen LogP contribution in [0.2, 0.25) is 0 Å². The van der Waals surface area contributed by atoms with Gasteiger partial charge in [0.15, 0.2) is 5.03 Å². The van der Waals surface area contributed by atoms with Crippen LogP contribution in [0.5, 0.6) is 5.75 Å². The van der Waals surface area contributed by atoms with Gasteiger partial charge in [-0.2, -0.15) is 8.42 Å². The molecule has 0 aliphatic carbocycles. The van der Waals surface area contributed by atoms with Crippen LogP contribution >= 0.6 is 23.1 Å². The van der Waals surface area contributed by atoms with Crippen molar-refractivity contribution in [1.82, 2.24) is 0 Å². The van der Waals surface area contributed by atoms with E-state index in [1.54, 1.807) is 11.3 Å². The minimum Gasteiger partial charge on any atom is -0.495 e. The maximum absolute atomic E-state index is 14.1. The molecule has 0 fully saturated rings. The van der Waals surface area contributed by atoms with E-state index in [1.165, 1.54) is 34.4 Å². The normalized spacial score (nSPS) is 12.9. The van der Waals surface area contributed by atoms with Gasteiger partial charge in [-0.05, 0) is 35.6 Å². The number of thiophene rings is 1.